The van der Waals surface area contributed by atoms with Crippen molar-refractivity contribution in [2.45, 2.75) is 57.2 Å². The first-order chi connectivity index (χ1) is 10.7. The van der Waals surface area contributed by atoms with Crippen molar-refractivity contribution >= 4 is 17.8 Å². The number of aliphatic hydroxyl groups excluding tert-OH is 1. The average molecular weight is 339 g/mol. The molecule has 0 fully saturated rings. The number of carbonyl (C=O) groups is 1. The van der Waals surface area contributed by atoms with Crippen molar-refractivity contribution in [3.05, 3.63) is 29.8 Å². The maximum absolute atomic E-state index is 12.0. The van der Waals surface area contributed by atoms with Crippen LogP contribution in [0.25, 0.3) is 0 Å². The van der Waals surface area contributed by atoms with Crippen molar-refractivity contribution in [1.82, 2.24) is 10.6 Å². The highest BCUT2D eigenvalue weighted by molar-refractivity contribution is 7.99. The molecule has 130 valence electrons. The van der Waals surface area contributed by atoms with E-state index in [2.05, 4.69) is 48.7 Å². The van der Waals surface area contributed by atoms with Crippen LogP contribution in [-0.4, -0.2) is 29.5 Å². The maximum Gasteiger partial charge on any atom is 0.315 e. The quantitative estimate of drug-likeness (QED) is 0.629. The van der Waals surface area contributed by atoms with Crippen molar-refractivity contribution < 1.29 is 9.90 Å². The van der Waals surface area contributed by atoms with E-state index in [0.717, 1.165) is 5.56 Å². The van der Waals surface area contributed by atoms with Crippen LogP contribution in [-0.2, 0) is 0 Å². The summed E-state index contributed by atoms with van der Waals surface area (Å²) in [5.74, 6) is 0. The molecule has 3 N–H and O–H groups in total. The molecule has 0 spiro atoms. The lowest BCUT2D eigenvalue weighted by atomic mass is 9.90. The molecule has 5 heteroatoms. The number of nitrogens with one attached hydrogen (secondary N) is 2. The number of aliphatic hydroxyl groups is 1. The van der Waals surface area contributed by atoms with Crippen LogP contribution in [0.2, 0.25) is 0 Å². The number of carbonyl (C=O) groups excluding carboxylic acids is 1. The van der Waals surface area contributed by atoms with Crippen LogP contribution in [0.3, 0.4) is 0 Å². The Bertz CT molecular complexity index is 486. The van der Waals surface area contributed by atoms with Gasteiger partial charge >= 0.3 is 6.03 Å². The third kappa shape index (κ3) is 7.75. The molecule has 0 radical (unpaired) electrons. The molecule has 0 saturated carbocycles. The molecule has 1 rings (SSSR count). The van der Waals surface area contributed by atoms with Gasteiger partial charge in [0.2, 0.25) is 0 Å². The second-order valence-corrected chi connectivity index (χ2v) is 8.57. The van der Waals surface area contributed by atoms with E-state index in [0.29, 0.717) is 18.2 Å². The molecule has 1 atom stereocenters. The van der Waals surface area contributed by atoms with Gasteiger partial charge in [-0.3, -0.25) is 0 Å². The maximum atomic E-state index is 12.0. The minimum absolute atomic E-state index is 0.0472. The molecule has 1 unspecified atom stereocenters. The molecule has 0 aliphatic carbocycles. The summed E-state index contributed by atoms with van der Waals surface area (Å²) in [4.78, 5) is 13.2. The van der Waals surface area contributed by atoms with E-state index < -0.39 is 0 Å². The molecule has 0 aliphatic heterocycles. The lowest BCUT2D eigenvalue weighted by molar-refractivity contribution is 0.200. The lowest BCUT2D eigenvalue weighted by Gasteiger charge is -2.24. The fourth-order valence-corrected chi connectivity index (χ4v) is 2.99. The number of rotatable bonds is 8. The van der Waals surface area contributed by atoms with Gasteiger partial charge in [0.15, 0.2) is 0 Å². The molecular formula is C18H30N2O2S. The summed E-state index contributed by atoms with van der Waals surface area (Å²) in [5, 5.41) is 15.4. The summed E-state index contributed by atoms with van der Waals surface area (Å²) in [5.41, 5.74) is 0.980. The van der Waals surface area contributed by atoms with Crippen molar-refractivity contribution in [2.24, 2.45) is 5.41 Å². The molecule has 0 heterocycles. The minimum Gasteiger partial charge on any atom is -0.396 e. The van der Waals surface area contributed by atoms with Crippen LogP contribution in [0.1, 0.15) is 52.6 Å². The number of hydrogen-bond donors (Lipinski definition) is 3. The fraction of sp³-hybridized carbons (Fsp3) is 0.611. The Balaban J connectivity index is 2.48. The van der Waals surface area contributed by atoms with Gasteiger partial charge in [0.25, 0.3) is 0 Å². The first-order valence-corrected chi connectivity index (χ1v) is 9.03. The van der Waals surface area contributed by atoms with E-state index in [-0.39, 0.29) is 24.1 Å². The Hall–Kier alpha value is -1.20. The number of urea groups is 1. The van der Waals surface area contributed by atoms with Gasteiger partial charge in [-0.05, 0) is 36.5 Å². The van der Waals surface area contributed by atoms with Crippen LogP contribution < -0.4 is 10.6 Å². The molecule has 23 heavy (non-hydrogen) atoms. The van der Waals surface area contributed by atoms with Gasteiger partial charge in [-0.15, -0.1) is 11.8 Å². The van der Waals surface area contributed by atoms with Crippen LogP contribution in [0.4, 0.5) is 4.79 Å². The Kier molecular flexibility index (Phi) is 7.92. The molecule has 1 aromatic rings. The van der Waals surface area contributed by atoms with E-state index in [9.17, 15) is 4.79 Å². The van der Waals surface area contributed by atoms with Crippen LogP contribution in [0, 0.1) is 5.41 Å². The van der Waals surface area contributed by atoms with Gasteiger partial charge in [-0.1, -0.05) is 39.8 Å². The Morgan fingerprint density at radius 3 is 2.35 bits per heavy atom. The Labute approximate surface area is 144 Å². The van der Waals surface area contributed by atoms with Gasteiger partial charge in [-0.2, -0.15) is 0 Å². The number of hydrogen-bond acceptors (Lipinski definition) is 3. The fourth-order valence-electron chi connectivity index (χ4n) is 2.15. The molecule has 0 saturated heterocycles. The molecule has 0 bridgehead atoms. The Morgan fingerprint density at radius 1 is 1.22 bits per heavy atom. The minimum atomic E-state index is -0.177. The first kappa shape index (κ1) is 19.8. The molecule has 0 aliphatic rings. The molecule has 1 aromatic carbocycles. The normalized spacial score (nSPS) is 13.0. The lowest BCUT2D eigenvalue weighted by Crippen LogP contribution is -2.41. The first-order valence-electron chi connectivity index (χ1n) is 8.15. The van der Waals surface area contributed by atoms with Gasteiger partial charge < -0.3 is 15.7 Å². The van der Waals surface area contributed by atoms with Crippen molar-refractivity contribution in [3.8, 4) is 0 Å². The largest absolute Gasteiger partial charge is 0.396 e. The van der Waals surface area contributed by atoms with Gasteiger partial charge in [0.1, 0.15) is 0 Å². The summed E-state index contributed by atoms with van der Waals surface area (Å²) in [7, 11) is 0. The summed E-state index contributed by atoms with van der Waals surface area (Å²) in [6, 6.07) is 8.09. The third-order valence-corrected chi connectivity index (χ3v) is 4.63. The van der Waals surface area contributed by atoms with E-state index in [1.54, 1.807) is 0 Å². The molecule has 4 nitrogen and oxygen atoms in total. The highest BCUT2D eigenvalue weighted by Crippen LogP contribution is 2.24. The number of benzene rings is 1. The highest BCUT2D eigenvalue weighted by atomic mass is 32.2. The van der Waals surface area contributed by atoms with Gasteiger partial charge in [0.05, 0.1) is 6.04 Å². The standard InChI is InChI=1S/C18H30N2O2S/c1-13(2)23-16-8-6-15(7-9-16)14(3)20-17(22)19-12-18(4,5)10-11-21/h6-9,13-14,21H,10-12H2,1-5H3,(H2,19,20,22). The molecule has 2 amide bonds. The highest BCUT2D eigenvalue weighted by Gasteiger charge is 2.18. The average Bonchev–Trinajstić information content (AvgIpc) is 2.45. The number of thioether (sulfide) groups is 1. The second-order valence-electron chi connectivity index (χ2n) is 6.92. The smallest absolute Gasteiger partial charge is 0.315 e. The summed E-state index contributed by atoms with van der Waals surface area (Å²) in [6.07, 6.45) is 0.664. The topological polar surface area (TPSA) is 61.4 Å². The third-order valence-electron chi connectivity index (χ3n) is 3.62. The van der Waals surface area contributed by atoms with Gasteiger partial charge in [0, 0.05) is 23.3 Å². The Morgan fingerprint density at radius 2 is 1.83 bits per heavy atom. The van der Waals surface area contributed by atoms with E-state index in [1.807, 2.05) is 32.5 Å². The predicted octanol–water partition coefficient (Wildman–Crippen LogP) is 3.96. The SMILES string of the molecule is CC(C)Sc1ccc(C(C)NC(=O)NCC(C)(C)CCO)cc1. The summed E-state index contributed by atoms with van der Waals surface area (Å²) < 4.78 is 0. The van der Waals surface area contributed by atoms with E-state index >= 15 is 0 Å². The van der Waals surface area contributed by atoms with Crippen LogP contribution in [0.15, 0.2) is 29.2 Å². The van der Waals surface area contributed by atoms with Gasteiger partial charge in [-0.25, -0.2) is 4.79 Å². The zero-order chi connectivity index (χ0) is 17.5. The molecule has 0 aromatic heterocycles. The second kappa shape index (κ2) is 9.18. The summed E-state index contributed by atoms with van der Waals surface area (Å²) in [6.45, 7) is 11.0. The zero-order valence-corrected chi connectivity index (χ0v) is 15.7. The van der Waals surface area contributed by atoms with Crippen LogP contribution >= 0.6 is 11.8 Å². The van der Waals surface area contributed by atoms with E-state index in [4.69, 9.17) is 5.11 Å². The van der Waals surface area contributed by atoms with Crippen molar-refractivity contribution in [3.63, 3.8) is 0 Å². The van der Waals surface area contributed by atoms with Crippen molar-refractivity contribution in [2.75, 3.05) is 13.2 Å². The van der Waals surface area contributed by atoms with Crippen molar-refractivity contribution in [1.29, 1.82) is 0 Å². The van der Waals surface area contributed by atoms with Crippen LogP contribution in [0.5, 0.6) is 0 Å². The summed E-state index contributed by atoms with van der Waals surface area (Å²) >= 11 is 1.83. The predicted molar refractivity (Wildman–Crippen MR) is 97.9 cm³/mol. The number of amides is 2. The molecular weight excluding hydrogens is 308 g/mol. The zero-order valence-electron chi connectivity index (χ0n) is 14.8. The monoisotopic (exact) mass is 338 g/mol. The van der Waals surface area contributed by atoms with E-state index in [1.165, 1.54) is 4.90 Å².